The minimum absolute atomic E-state index is 0.111. The molecule has 0 aromatic rings. The second-order valence-electron chi connectivity index (χ2n) is 5.22. The topological polar surface area (TPSA) is 66.6 Å². The molecular formula is C11H23N3O2S2. The standard InChI is InChI=1S/C11H23N3O2S2/c1-9(2)14(8-11(12)17)18(15,16)13-6-4-5-10(3)7-13/h9-10H,4-8H2,1-3H3,(H2,12,17). The molecule has 1 saturated heterocycles. The first-order valence-corrected chi connectivity index (χ1v) is 8.11. The number of thiocarbonyl (C=S) groups is 1. The van der Waals surface area contributed by atoms with Crippen LogP contribution in [0.3, 0.4) is 0 Å². The van der Waals surface area contributed by atoms with Crippen molar-refractivity contribution in [1.29, 1.82) is 0 Å². The summed E-state index contributed by atoms with van der Waals surface area (Å²) in [7, 11) is -3.45. The molecule has 2 N–H and O–H groups in total. The molecule has 1 fully saturated rings. The third-order valence-corrected chi connectivity index (χ3v) is 5.39. The smallest absolute Gasteiger partial charge is 0.282 e. The number of rotatable bonds is 5. The number of hydrogen-bond donors (Lipinski definition) is 1. The Labute approximate surface area is 115 Å². The van der Waals surface area contributed by atoms with Crippen LogP contribution in [0.2, 0.25) is 0 Å². The van der Waals surface area contributed by atoms with Crippen LogP contribution in [0.1, 0.15) is 33.6 Å². The number of piperidine rings is 1. The molecule has 0 radical (unpaired) electrons. The highest BCUT2D eigenvalue weighted by Crippen LogP contribution is 2.21. The Balaban J connectivity index is 2.90. The fraction of sp³-hybridized carbons (Fsp3) is 0.909. The first-order chi connectivity index (χ1) is 8.25. The van der Waals surface area contributed by atoms with Crippen LogP contribution in [0, 0.1) is 5.92 Å². The quantitative estimate of drug-likeness (QED) is 0.767. The summed E-state index contributed by atoms with van der Waals surface area (Å²) in [5, 5.41) is 0. The molecule has 1 rings (SSSR count). The van der Waals surface area contributed by atoms with E-state index in [0.717, 1.165) is 12.8 Å². The van der Waals surface area contributed by atoms with E-state index in [4.69, 9.17) is 18.0 Å². The Morgan fingerprint density at radius 2 is 2.17 bits per heavy atom. The van der Waals surface area contributed by atoms with Crippen LogP contribution in [0.15, 0.2) is 0 Å². The van der Waals surface area contributed by atoms with E-state index in [1.165, 1.54) is 4.31 Å². The minimum atomic E-state index is -3.45. The van der Waals surface area contributed by atoms with Crippen molar-refractivity contribution in [3.05, 3.63) is 0 Å². The molecular weight excluding hydrogens is 270 g/mol. The lowest BCUT2D eigenvalue weighted by Gasteiger charge is -2.35. The molecule has 0 saturated carbocycles. The maximum absolute atomic E-state index is 12.5. The second kappa shape index (κ2) is 6.27. The normalized spacial score (nSPS) is 22.6. The molecule has 0 bridgehead atoms. The minimum Gasteiger partial charge on any atom is -0.392 e. The second-order valence-corrected chi connectivity index (χ2v) is 7.62. The molecule has 1 aliphatic heterocycles. The van der Waals surface area contributed by atoms with Crippen LogP contribution in [-0.4, -0.2) is 47.7 Å². The van der Waals surface area contributed by atoms with Crippen LogP contribution in [0.5, 0.6) is 0 Å². The summed E-state index contributed by atoms with van der Waals surface area (Å²) in [4.78, 5) is 0.206. The van der Waals surface area contributed by atoms with E-state index in [0.29, 0.717) is 19.0 Å². The average Bonchev–Trinajstić information content (AvgIpc) is 2.25. The van der Waals surface area contributed by atoms with Crippen molar-refractivity contribution in [2.45, 2.75) is 39.7 Å². The first kappa shape index (κ1) is 15.8. The van der Waals surface area contributed by atoms with Crippen LogP contribution in [0.25, 0.3) is 0 Å². The first-order valence-electron chi connectivity index (χ1n) is 6.30. The van der Waals surface area contributed by atoms with Gasteiger partial charge in [-0.1, -0.05) is 19.1 Å². The highest BCUT2D eigenvalue weighted by atomic mass is 32.2. The van der Waals surface area contributed by atoms with Crippen molar-refractivity contribution < 1.29 is 8.42 Å². The largest absolute Gasteiger partial charge is 0.392 e. The van der Waals surface area contributed by atoms with Crippen molar-refractivity contribution in [2.24, 2.45) is 11.7 Å². The van der Waals surface area contributed by atoms with E-state index in [1.54, 1.807) is 4.31 Å². The van der Waals surface area contributed by atoms with Gasteiger partial charge in [0.25, 0.3) is 10.2 Å². The predicted octanol–water partition coefficient (Wildman–Crippen LogP) is 0.960. The van der Waals surface area contributed by atoms with Gasteiger partial charge in [-0.25, -0.2) is 0 Å². The van der Waals surface area contributed by atoms with Gasteiger partial charge < -0.3 is 5.73 Å². The molecule has 0 spiro atoms. The lowest BCUT2D eigenvalue weighted by atomic mass is 10.0. The van der Waals surface area contributed by atoms with Crippen molar-refractivity contribution in [3.8, 4) is 0 Å². The van der Waals surface area contributed by atoms with E-state index >= 15 is 0 Å². The summed E-state index contributed by atoms with van der Waals surface area (Å²) in [6.45, 7) is 7.04. The fourth-order valence-corrected chi connectivity index (χ4v) is 4.34. The SMILES string of the molecule is CC1CCCN(S(=O)(=O)N(CC(N)=S)C(C)C)C1. The highest BCUT2D eigenvalue weighted by Gasteiger charge is 2.34. The molecule has 1 heterocycles. The van der Waals surface area contributed by atoms with Crippen LogP contribution < -0.4 is 5.73 Å². The zero-order valence-corrected chi connectivity index (χ0v) is 12.9. The molecule has 106 valence electrons. The monoisotopic (exact) mass is 293 g/mol. The van der Waals surface area contributed by atoms with E-state index < -0.39 is 10.2 Å². The van der Waals surface area contributed by atoms with Crippen molar-refractivity contribution in [2.75, 3.05) is 19.6 Å². The molecule has 7 heteroatoms. The number of nitrogens with two attached hydrogens (primary N) is 1. The van der Waals surface area contributed by atoms with Gasteiger partial charge in [0.1, 0.15) is 0 Å². The summed E-state index contributed by atoms with van der Waals surface area (Å²) in [6.07, 6.45) is 2.00. The van der Waals surface area contributed by atoms with Crippen molar-refractivity contribution in [3.63, 3.8) is 0 Å². The third-order valence-electron chi connectivity index (χ3n) is 3.13. The predicted molar refractivity (Wildman–Crippen MR) is 77.5 cm³/mol. The van der Waals surface area contributed by atoms with Gasteiger partial charge in [-0.15, -0.1) is 0 Å². The Morgan fingerprint density at radius 3 is 2.61 bits per heavy atom. The molecule has 18 heavy (non-hydrogen) atoms. The molecule has 0 amide bonds. The molecule has 5 nitrogen and oxygen atoms in total. The van der Waals surface area contributed by atoms with Gasteiger partial charge in [-0.05, 0) is 32.6 Å². The van der Waals surface area contributed by atoms with Gasteiger partial charge in [-0.3, -0.25) is 0 Å². The average molecular weight is 293 g/mol. The zero-order valence-electron chi connectivity index (χ0n) is 11.3. The van der Waals surface area contributed by atoms with Crippen LogP contribution in [-0.2, 0) is 10.2 Å². The van der Waals surface area contributed by atoms with Crippen molar-refractivity contribution >= 4 is 27.4 Å². The molecule has 1 aliphatic rings. The van der Waals surface area contributed by atoms with E-state index in [-0.39, 0.29) is 17.6 Å². The van der Waals surface area contributed by atoms with Gasteiger partial charge in [0.2, 0.25) is 0 Å². The number of hydrogen-bond acceptors (Lipinski definition) is 3. The van der Waals surface area contributed by atoms with Gasteiger partial charge in [0.05, 0.1) is 11.5 Å². The summed E-state index contributed by atoms with van der Waals surface area (Å²) in [5.74, 6) is 0.410. The Bertz CT molecular complexity index is 395. The fourth-order valence-electron chi connectivity index (χ4n) is 2.19. The van der Waals surface area contributed by atoms with Crippen LogP contribution >= 0.6 is 12.2 Å². The molecule has 1 atom stereocenters. The van der Waals surface area contributed by atoms with Gasteiger partial charge >= 0.3 is 0 Å². The summed E-state index contributed by atoms with van der Waals surface area (Å²) >= 11 is 4.84. The molecule has 1 unspecified atom stereocenters. The van der Waals surface area contributed by atoms with Crippen LogP contribution in [0.4, 0.5) is 0 Å². The summed E-state index contributed by atoms with van der Waals surface area (Å²) in [6, 6.07) is -0.145. The van der Waals surface area contributed by atoms with Gasteiger partial charge in [0, 0.05) is 19.1 Å². The molecule has 0 aromatic heterocycles. The summed E-state index contributed by atoms with van der Waals surface area (Å²) in [5.41, 5.74) is 5.49. The highest BCUT2D eigenvalue weighted by molar-refractivity contribution is 7.87. The van der Waals surface area contributed by atoms with E-state index in [2.05, 4.69) is 6.92 Å². The lowest BCUT2D eigenvalue weighted by Crippen LogP contribution is -2.51. The Hall–Kier alpha value is -0.240. The number of nitrogens with zero attached hydrogens (tertiary/aromatic N) is 2. The zero-order chi connectivity index (χ0) is 13.9. The Morgan fingerprint density at radius 1 is 1.56 bits per heavy atom. The third kappa shape index (κ3) is 3.88. The Kier molecular flexibility index (Phi) is 5.51. The molecule has 0 aromatic carbocycles. The lowest BCUT2D eigenvalue weighted by molar-refractivity contribution is 0.253. The van der Waals surface area contributed by atoms with E-state index in [9.17, 15) is 8.42 Å². The molecule has 0 aliphatic carbocycles. The van der Waals surface area contributed by atoms with Crippen molar-refractivity contribution in [1.82, 2.24) is 8.61 Å². The summed E-state index contributed by atoms with van der Waals surface area (Å²) < 4.78 is 28.0. The maximum Gasteiger partial charge on any atom is 0.282 e. The van der Waals surface area contributed by atoms with E-state index in [1.807, 2.05) is 13.8 Å². The van der Waals surface area contributed by atoms with Gasteiger partial charge in [-0.2, -0.15) is 17.0 Å². The van der Waals surface area contributed by atoms with Gasteiger partial charge in [0.15, 0.2) is 0 Å². The maximum atomic E-state index is 12.5.